The van der Waals surface area contributed by atoms with Crippen LogP contribution in [0.5, 0.6) is 0 Å². The van der Waals surface area contributed by atoms with Gasteiger partial charge in [0.25, 0.3) is 0 Å². The molecule has 1 heterocycles. The first kappa shape index (κ1) is 11.8. The third-order valence-corrected chi connectivity index (χ3v) is 2.34. The van der Waals surface area contributed by atoms with Gasteiger partial charge >= 0.3 is 0 Å². The van der Waals surface area contributed by atoms with Gasteiger partial charge in [0.2, 0.25) is 5.91 Å². The second-order valence-electron chi connectivity index (χ2n) is 3.90. The van der Waals surface area contributed by atoms with Gasteiger partial charge in [-0.2, -0.15) is 0 Å². The molecule has 84 valence electrons. The summed E-state index contributed by atoms with van der Waals surface area (Å²) in [7, 11) is 1.96. The van der Waals surface area contributed by atoms with Crippen LogP contribution in [0.2, 0.25) is 0 Å². The molecule has 0 aliphatic heterocycles. The average molecular weight is 209 g/mol. The Morgan fingerprint density at radius 2 is 2.40 bits per heavy atom. The Labute approximate surface area is 90.5 Å². The molecule has 1 rings (SSSR count). The van der Waals surface area contributed by atoms with Crippen molar-refractivity contribution in [2.45, 2.75) is 32.4 Å². The monoisotopic (exact) mass is 209 g/mol. The van der Waals surface area contributed by atoms with Gasteiger partial charge in [0.1, 0.15) is 0 Å². The maximum absolute atomic E-state index is 11.4. The van der Waals surface area contributed by atoms with Crippen LogP contribution in [-0.2, 0) is 18.4 Å². The van der Waals surface area contributed by atoms with Crippen molar-refractivity contribution in [3.63, 3.8) is 0 Å². The molecule has 1 unspecified atom stereocenters. The lowest BCUT2D eigenvalue weighted by atomic mass is 10.2. The van der Waals surface area contributed by atoms with Crippen molar-refractivity contribution in [3.8, 4) is 0 Å². The van der Waals surface area contributed by atoms with Gasteiger partial charge in [-0.05, 0) is 25.5 Å². The Morgan fingerprint density at radius 3 is 2.93 bits per heavy atom. The molecule has 1 aromatic heterocycles. The van der Waals surface area contributed by atoms with E-state index in [1.165, 1.54) is 0 Å². The van der Waals surface area contributed by atoms with E-state index in [1.54, 1.807) is 0 Å². The number of nitrogens with two attached hydrogens (primary N) is 1. The first-order valence-corrected chi connectivity index (χ1v) is 5.22. The average Bonchev–Trinajstić information content (AvgIpc) is 2.58. The number of amides is 1. The smallest absolute Gasteiger partial charge is 0.220 e. The van der Waals surface area contributed by atoms with Crippen LogP contribution in [0.25, 0.3) is 0 Å². The highest BCUT2D eigenvalue weighted by atomic mass is 16.1. The summed E-state index contributed by atoms with van der Waals surface area (Å²) in [4.78, 5) is 11.4. The van der Waals surface area contributed by atoms with Crippen molar-refractivity contribution < 1.29 is 4.79 Å². The van der Waals surface area contributed by atoms with E-state index in [2.05, 4.69) is 5.32 Å². The molecule has 3 N–H and O–H groups in total. The molecule has 4 heteroatoms. The van der Waals surface area contributed by atoms with E-state index in [1.807, 2.05) is 36.9 Å². The number of hydrogen-bond acceptors (Lipinski definition) is 2. The number of carbonyl (C=O) groups excluding carboxylic acids is 1. The fourth-order valence-corrected chi connectivity index (χ4v) is 1.32. The molecule has 4 nitrogen and oxygen atoms in total. The van der Waals surface area contributed by atoms with E-state index in [0.717, 1.165) is 12.1 Å². The zero-order valence-corrected chi connectivity index (χ0v) is 9.36. The summed E-state index contributed by atoms with van der Waals surface area (Å²) in [5.74, 6) is 0.0634. The molecule has 0 aliphatic rings. The van der Waals surface area contributed by atoms with E-state index < -0.39 is 0 Å². The Bertz CT molecular complexity index is 317. The normalized spacial score (nSPS) is 12.5. The van der Waals surface area contributed by atoms with Crippen molar-refractivity contribution >= 4 is 5.91 Å². The molecule has 0 bridgehead atoms. The van der Waals surface area contributed by atoms with Crippen LogP contribution in [0.1, 0.15) is 25.5 Å². The van der Waals surface area contributed by atoms with E-state index >= 15 is 0 Å². The zero-order chi connectivity index (χ0) is 11.3. The second-order valence-corrected chi connectivity index (χ2v) is 3.90. The van der Waals surface area contributed by atoms with Gasteiger partial charge in [0.15, 0.2) is 0 Å². The summed E-state index contributed by atoms with van der Waals surface area (Å²) >= 11 is 0. The summed E-state index contributed by atoms with van der Waals surface area (Å²) < 4.78 is 1.99. The highest BCUT2D eigenvalue weighted by Gasteiger charge is 2.04. The predicted octanol–water partition coefficient (Wildman–Crippen LogP) is 0.769. The third-order valence-electron chi connectivity index (χ3n) is 2.34. The highest BCUT2D eigenvalue weighted by molar-refractivity contribution is 5.75. The number of hydrogen-bond donors (Lipinski definition) is 2. The Kier molecular flexibility index (Phi) is 4.37. The van der Waals surface area contributed by atoms with E-state index in [0.29, 0.717) is 13.0 Å². The minimum Gasteiger partial charge on any atom is -0.353 e. The largest absolute Gasteiger partial charge is 0.353 e. The van der Waals surface area contributed by atoms with Gasteiger partial charge in [-0.1, -0.05) is 0 Å². The lowest BCUT2D eigenvalue weighted by Crippen LogP contribution is -2.26. The molecule has 1 atom stereocenters. The lowest BCUT2D eigenvalue weighted by molar-refractivity contribution is -0.121. The SMILES string of the molecule is CC(N)CCC(=O)NCc1cccn1C. The molecule has 0 spiro atoms. The van der Waals surface area contributed by atoms with Crippen LogP contribution in [0.4, 0.5) is 0 Å². The second kappa shape index (κ2) is 5.56. The standard InChI is InChI=1S/C11H19N3O/c1-9(12)5-6-11(15)13-8-10-4-3-7-14(10)2/h3-4,7,9H,5-6,8,12H2,1-2H3,(H,13,15). The molecule has 0 fully saturated rings. The Hall–Kier alpha value is -1.29. The molecule has 1 aromatic rings. The van der Waals surface area contributed by atoms with Crippen LogP contribution in [-0.4, -0.2) is 16.5 Å². The first-order valence-electron chi connectivity index (χ1n) is 5.22. The van der Waals surface area contributed by atoms with Gasteiger partial charge in [-0.3, -0.25) is 4.79 Å². The quantitative estimate of drug-likeness (QED) is 0.752. The molecule has 0 aromatic carbocycles. The fraction of sp³-hybridized carbons (Fsp3) is 0.545. The van der Waals surface area contributed by atoms with Crippen LogP contribution < -0.4 is 11.1 Å². The van der Waals surface area contributed by atoms with Crippen molar-refractivity contribution in [2.75, 3.05) is 0 Å². The summed E-state index contributed by atoms with van der Waals surface area (Å²) in [6.45, 7) is 2.49. The maximum Gasteiger partial charge on any atom is 0.220 e. The van der Waals surface area contributed by atoms with Gasteiger partial charge in [0.05, 0.1) is 6.54 Å². The minimum atomic E-state index is 0.0634. The molecule has 0 aliphatic carbocycles. The van der Waals surface area contributed by atoms with Crippen molar-refractivity contribution in [1.82, 2.24) is 9.88 Å². The van der Waals surface area contributed by atoms with E-state index in [-0.39, 0.29) is 11.9 Å². The lowest BCUT2D eigenvalue weighted by Gasteiger charge is -2.07. The predicted molar refractivity (Wildman–Crippen MR) is 60.1 cm³/mol. The number of aromatic nitrogens is 1. The van der Waals surface area contributed by atoms with E-state index in [4.69, 9.17) is 5.73 Å². The molecule has 0 saturated carbocycles. The summed E-state index contributed by atoms with van der Waals surface area (Å²) in [6, 6.07) is 4.04. The Balaban J connectivity index is 2.26. The van der Waals surface area contributed by atoms with Crippen LogP contribution in [0, 0.1) is 0 Å². The van der Waals surface area contributed by atoms with Crippen molar-refractivity contribution in [2.24, 2.45) is 12.8 Å². The molecule has 0 saturated heterocycles. The first-order chi connectivity index (χ1) is 7.09. The Morgan fingerprint density at radius 1 is 1.67 bits per heavy atom. The zero-order valence-electron chi connectivity index (χ0n) is 9.36. The van der Waals surface area contributed by atoms with Gasteiger partial charge in [-0.15, -0.1) is 0 Å². The van der Waals surface area contributed by atoms with Gasteiger partial charge in [-0.25, -0.2) is 0 Å². The number of carbonyl (C=O) groups is 1. The molecule has 1 amide bonds. The summed E-state index contributed by atoms with van der Waals surface area (Å²) in [6.07, 6.45) is 3.20. The number of nitrogens with one attached hydrogen (secondary N) is 1. The van der Waals surface area contributed by atoms with E-state index in [9.17, 15) is 4.79 Å². The third kappa shape index (κ3) is 4.16. The van der Waals surface area contributed by atoms with Gasteiger partial charge in [0, 0.05) is 31.4 Å². The number of nitrogens with zero attached hydrogens (tertiary/aromatic N) is 1. The molecular weight excluding hydrogens is 190 g/mol. The van der Waals surface area contributed by atoms with Crippen LogP contribution >= 0.6 is 0 Å². The summed E-state index contributed by atoms with van der Waals surface area (Å²) in [5, 5.41) is 2.87. The number of rotatable bonds is 5. The van der Waals surface area contributed by atoms with Crippen molar-refractivity contribution in [3.05, 3.63) is 24.0 Å². The van der Waals surface area contributed by atoms with Crippen molar-refractivity contribution in [1.29, 1.82) is 0 Å². The fourth-order valence-electron chi connectivity index (χ4n) is 1.32. The topological polar surface area (TPSA) is 60.1 Å². The van der Waals surface area contributed by atoms with Gasteiger partial charge < -0.3 is 15.6 Å². The van der Waals surface area contributed by atoms with Crippen LogP contribution in [0.15, 0.2) is 18.3 Å². The summed E-state index contributed by atoms with van der Waals surface area (Å²) in [5.41, 5.74) is 6.67. The maximum atomic E-state index is 11.4. The highest BCUT2D eigenvalue weighted by Crippen LogP contribution is 1.99. The minimum absolute atomic E-state index is 0.0634. The molecular formula is C11H19N3O. The molecule has 0 radical (unpaired) electrons. The molecule has 15 heavy (non-hydrogen) atoms. The van der Waals surface area contributed by atoms with Crippen LogP contribution in [0.3, 0.4) is 0 Å². The number of aryl methyl sites for hydroxylation is 1.